The molecule has 0 saturated heterocycles. The summed E-state index contributed by atoms with van der Waals surface area (Å²) in [6.07, 6.45) is 7.93. The molecule has 4 nitrogen and oxygen atoms in total. The molecule has 4 heteroatoms. The van der Waals surface area contributed by atoms with Crippen molar-refractivity contribution in [2.24, 2.45) is 0 Å². The number of carboxylic acid groups (broad SMARTS) is 1. The van der Waals surface area contributed by atoms with E-state index < -0.39 is 17.9 Å². The van der Waals surface area contributed by atoms with Crippen LogP contribution in [0.15, 0.2) is 37.0 Å². The Balaban J connectivity index is 4.22. The molecule has 0 fully saturated rings. The quantitative estimate of drug-likeness (QED) is 0.393. The van der Waals surface area contributed by atoms with Gasteiger partial charge in [-0.15, -0.1) is 6.58 Å². The van der Waals surface area contributed by atoms with E-state index in [4.69, 9.17) is 5.11 Å². The molecular formula is C11H15NO3. The van der Waals surface area contributed by atoms with Gasteiger partial charge in [0.1, 0.15) is 6.04 Å². The number of carbonyl (C=O) groups is 2. The van der Waals surface area contributed by atoms with Gasteiger partial charge in [-0.25, -0.2) is 4.79 Å². The summed E-state index contributed by atoms with van der Waals surface area (Å²) in [5.74, 6) is -1.50. The highest BCUT2D eigenvalue weighted by Gasteiger charge is 2.16. The van der Waals surface area contributed by atoms with Crippen LogP contribution in [-0.2, 0) is 9.59 Å². The molecular weight excluding hydrogens is 194 g/mol. The Kier molecular flexibility index (Phi) is 6.63. The fraction of sp³-hybridized carbons (Fsp3) is 0.273. The lowest BCUT2D eigenvalue weighted by molar-refractivity contribution is -0.141. The van der Waals surface area contributed by atoms with Crippen LogP contribution >= 0.6 is 0 Å². The van der Waals surface area contributed by atoms with Crippen LogP contribution in [-0.4, -0.2) is 23.0 Å². The van der Waals surface area contributed by atoms with Crippen LogP contribution < -0.4 is 5.32 Å². The average molecular weight is 209 g/mol. The smallest absolute Gasteiger partial charge is 0.326 e. The van der Waals surface area contributed by atoms with E-state index in [0.29, 0.717) is 0 Å². The largest absolute Gasteiger partial charge is 0.480 e. The Bertz CT molecular complexity index is 292. The maximum atomic E-state index is 11.2. The SMILES string of the molecule is C=CCC(NC(=O)C=CC=CC)C(=O)O. The first-order valence-electron chi connectivity index (χ1n) is 4.55. The van der Waals surface area contributed by atoms with Gasteiger partial charge in [0.2, 0.25) is 5.91 Å². The summed E-state index contributed by atoms with van der Waals surface area (Å²) < 4.78 is 0. The summed E-state index contributed by atoms with van der Waals surface area (Å²) in [5.41, 5.74) is 0. The van der Waals surface area contributed by atoms with Gasteiger partial charge in [0.05, 0.1) is 0 Å². The van der Waals surface area contributed by atoms with E-state index in [9.17, 15) is 9.59 Å². The number of nitrogens with one attached hydrogen (secondary N) is 1. The second-order valence-electron chi connectivity index (χ2n) is 2.81. The molecule has 1 amide bonds. The normalized spacial score (nSPS) is 12.9. The van der Waals surface area contributed by atoms with Crippen molar-refractivity contribution in [2.45, 2.75) is 19.4 Å². The number of aliphatic carboxylic acids is 1. The zero-order chi connectivity index (χ0) is 11.7. The number of allylic oxidation sites excluding steroid dienone is 3. The predicted octanol–water partition coefficient (Wildman–Crippen LogP) is 1.26. The summed E-state index contributed by atoms with van der Waals surface area (Å²) >= 11 is 0. The lowest BCUT2D eigenvalue weighted by Gasteiger charge is -2.10. The molecule has 0 spiro atoms. The fourth-order valence-corrected chi connectivity index (χ4v) is 0.862. The summed E-state index contributed by atoms with van der Waals surface area (Å²) in [7, 11) is 0. The first-order chi connectivity index (χ1) is 7.11. The minimum absolute atomic E-state index is 0.207. The lowest BCUT2D eigenvalue weighted by Crippen LogP contribution is -2.39. The van der Waals surface area contributed by atoms with Gasteiger partial charge in [-0.3, -0.25) is 4.79 Å². The van der Waals surface area contributed by atoms with Gasteiger partial charge in [-0.1, -0.05) is 24.3 Å². The fourth-order valence-electron chi connectivity index (χ4n) is 0.862. The van der Waals surface area contributed by atoms with Gasteiger partial charge in [0, 0.05) is 6.08 Å². The summed E-state index contributed by atoms with van der Waals surface area (Å²) in [5, 5.41) is 11.1. The summed E-state index contributed by atoms with van der Waals surface area (Å²) in [6, 6.07) is -0.912. The van der Waals surface area contributed by atoms with Gasteiger partial charge in [-0.05, 0) is 13.3 Å². The maximum absolute atomic E-state index is 11.2. The van der Waals surface area contributed by atoms with Crippen molar-refractivity contribution in [1.82, 2.24) is 5.32 Å². The number of amides is 1. The number of hydrogen-bond donors (Lipinski definition) is 2. The Morgan fingerprint density at radius 2 is 2.13 bits per heavy atom. The molecule has 1 unspecified atom stereocenters. The van der Waals surface area contributed by atoms with Crippen LogP contribution in [0.25, 0.3) is 0 Å². The van der Waals surface area contributed by atoms with Gasteiger partial charge in [0.15, 0.2) is 0 Å². The van der Waals surface area contributed by atoms with Gasteiger partial charge >= 0.3 is 5.97 Å². The third kappa shape index (κ3) is 6.26. The lowest BCUT2D eigenvalue weighted by atomic mass is 10.2. The molecule has 0 bridgehead atoms. The Morgan fingerprint density at radius 3 is 2.60 bits per heavy atom. The van der Waals surface area contributed by atoms with E-state index >= 15 is 0 Å². The van der Waals surface area contributed by atoms with Crippen molar-refractivity contribution < 1.29 is 14.7 Å². The van der Waals surface area contributed by atoms with E-state index in [0.717, 1.165) is 0 Å². The molecule has 0 aromatic heterocycles. The van der Waals surface area contributed by atoms with Crippen molar-refractivity contribution >= 4 is 11.9 Å². The highest BCUT2D eigenvalue weighted by atomic mass is 16.4. The average Bonchev–Trinajstić information content (AvgIpc) is 2.17. The first-order valence-corrected chi connectivity index (χ1v) is 4.55. The second-order valence-corrected chi connectivity index (χ2v) is 2.81. The molecule has 0 aromatic carbocycles. The highest BCUT2D eigenvalue weighted by Crippen LogP contribution is 1.93. The van der Waals surface area contributed by atoms with E-state index in [2.05, 4.69) is 11.9 Å². The third-order valence-corrected chi connectivity index (χ3v) is 1.57. The van der Waals surface area contributed by atoms with Crippen molar-refractivity contribution in [3.05, 3.63) is 37.0 Å². The number of rotatable bonds is 6. The topological polar surface area (TPSA) is 66.4 Å². The van der Waals surface area contributed by atoms with Crippen molar-refractivity contribution in [2.75, 3.05) is 0 Å². The van der Waals surface area contributed by atoms with E-state index in [-0.39, 0.29) is 6.42 Å². The molecule has 0 aliphatic carbocycles. The van der Waals surface area contributed by atoms with Crippen LogP contribution in [0.1, 0.15) is 13.3 Å². The summed E-state index contributed by atoms with van der Waals surface area (Å²) in [6.45, 7) is 5.24. The van der Waals surface area contributed by atoms with Crippen molar-refractivity contribution in [3.63, 3.8) is 0 Å². The number of carbonyl (C=O) groups excluding carboxylic acids is 1. The zero-order valence-corrected chi connectivity index (χ0v) is 8.64. The van der Waals surface area contributed by atoms with Gasteiger partial charge < -0.3 is 10.4 Å². The molecule has 1 atom stereocenters. The molecule has 0 aliphatic rings. The molecule has 0 saturated carbocycles. The van der Waals surface area contributed by atoms with Crippen LogP contribution in [0, 0.1) is 0 Å². The van der Waals surface area contributed by atoms with Crippen LogP contribution in [0.2, 0.25) is 0 Å². The third-order valence-electron chi connectivity index (χ3n) is 1.57. The molecule has 0 heterocycles. The monoisotopic (exact) mass is 209 g/mol. The van der Waals surface area contributed by atoms with Gasteiger partial charge in [0.25, 0.3) is 0 Å². The minimum atomic E-state index is -1.07. The molecule has 0 aliphatic heterocycles. The maximum Gasteiger partial charge on any atom is 0.326 e. The molecule has 15 heavy (non-hydrogen) atoms. The highest BCUT2D eigenvalue weighted by molar-refractivity contribution is 5.91. The van der Waals surface area contributed by atoms with E-state index in [1.165, 1.54) is 12.2 Å². The molecule has 0 rings (SSSR count). The van der Waals surface area contributed by atoms with Crippen LogP contribution in [0.5, 0.6) is 0 Å². The molecule has 0 radical (unpaired) electrons. The Labute approximate surface area is 89.0 Å². The molecule has 0 aromatic rings. The van der Waals surface area contributed by atoms with E-state index in [1.807, 2.05) is 6.92 Å². The number of hydrogen-bond acceptors (Lipinski definition) is 2. The molecule has 82 valence electrons. The number of carboxylic acids is 1. The van der Waals surface area contributed by atoms with Crippen molar-refractivity contribution in [3.8, 4) is 0 Å². The Hall–Kier alpha value is -1.84. The van der Waals surface area contributed by atoms with Crippen molar-refractivity contribution in [1.29, 1.82) is 0 Å². The van der Waals surface area contributed by atoms with Gasteiger partial charge in [-0.2, -0.15) is 0 Å². The van der Waals surface area contributed by atoms with Crippen LogP contribution in [0.4, 0.5) is 0 Å². The van der Waals surface area contributed by atoms with E-state index in [1.54, 1.807) is 18.2 Å². The minimum Gasteiger partial charge on any atom is -0.480 e. The van der Waals surface area contributed by atoms with Crippen LogP contribution in [0.3, 0.4) is 0 Å². The second kappa shape index (κ2) is 7.55. The zero-order valence-electron chi connectivity index (χ0n) is 8.64. The standard InChI is InChI=1S/C11H15NO3/c1-3-5-6-8-10(13)12-9(7-4-2)11(14)15/h3-6,8-9H,2,7H2,1H3,(H,12,13)(H,14,15). The first kappa shape index (κ1) is 13.2. The Morgan fingerprint density at radius 1 is 1.47 bits per heavy atom. The summed E-state index contributed by atoms with van der Waals surface area (Å²) in [4.78, 5) is 21.8. The predicted molar refractivity (Wildman–Crippen MR) is 58.3 cm³/mol. The molecule has 2 N–H and O–H groups in total.